The van der Waals surface area contributed by atoms with Crippen LogP contribution in [0.5, 0.6) is 0 Å². The van der Waals surface area contributed by atoms with Crippen molar-refractivity contribution in [2.24, 2.45) is 0 Å². The molecule has 1 amide bonds. The first-order valence-corrected chi connectivity index (χ1v) is 6.00. The maximum absolute atomic E-state index is 13.4. The molecule has 20 heavy (non-hydrogen) atoms. The molecule has 0 fully saturated rings. The first-order chi connectivity index (χ1) is 9.29. The van der Waals surface area contributed by atoms with Crippen LogP contribution in [0, 0.1) is 11.6 Å². The fourth-order valence-corrected chi connectivity index (χ4v) is 1.56. The van der Waals surface area contributed by atoms with E-state index in [2.05, 4.69) is 5.32 Å². The van der Waals surface area contributed by atoms with Gasteiger partial charge in [-0.25, -0.2) is 8.78 Å². The zero-order chi connectivity index (χ0) is 15.3. The summed E-state index contributed by atoms with van der Waals surface area (Å²) in [6.45, 7) is 3.00. The van der Waals surface area contributed by atoms with Gasteiger partial charge in [-0.2, -0.15) is 0 Å². The number of anilines is 1. The van der Waals surface area contributed by atoms with Crippen LogP contribution in [-0.4, -0.2) is 41.0 Å². The number of nitrogens with zero attached hydrogens (tertiary/aromatic N) is 1. The Labute approximate surface area is 115 Å². The molecule has 1 aromatic rings. The molecule has 1 rings (SSSR count). The molecular weight excluding hydrogens is 270 g/mol. The molecule has 0 bridgehead atoms. The number of hydrogen-bond donors (Lipinski definition) is 2. The van der Waals surface area contributed by atoms with E-state index in [4.69, 9.17) is 5.11 Å². The molecule has 110 valence electrons. The maximum Gasteiger partial charge on any atom is 0.317 e. The van der Waals surface area contributed by atoms with Crippen LogP contribution in [-0.2, 0) is 9.59 Å². The zero-order valence-electron chi connectivity index (χ0n) is 11.2. The largest absolute Gasteiger partial charge is 0.480 e. The summed E-state index contributed by atoms with van der Waals surface area (Å²) in [7, 11) is 0. The van der Waals surface area contributed by atoms with Crippen LogP contribution in [0.2, 0.25) is 0 Å². The molecule has 0 aliphatic rings. The third-order valence-corrected chi connectivity index (χ3v) is 2.62. The van der Waals surface area contributed by atoms with Gasteiger partial charge in [0.15, 0.2) is 0 Å². The second-order valence-corrected chi connectivity index (χ2v) is 4.56. The van der Waals surface area contributed by atoms with Crippen molar-refractivity contribution >= 4 is 17.6 Å². The molecule has 0 saturated heterocycles. The summed E-state index contributed by atoms with van der Waals surface area (Å²) in [4.78, 5) is 23.8. The maximum atomic E-state index is 13.4. The van der Waals surface area contributed by atoms with Gasteiger partial charge in [0.25, 0.3) is 0 Å². The van der Waals surface area contributed by atoms with E-state index >= 15 is 0 Å². The fraction of sp³-hybridized carbons (Fsp3) is 0.385. The topological polar surface area (TPSA) is 69.6 Å². The quantitative estimate of drug-likeness (QED) is 0.835. The Kier molecular flexibility index (Phi) is 5.57. The van der Waals surface area contributed by atoms with Gasteiger partial charge in [0.05, 0.1) is 18.8 Å². The number of hydrogen-bond acceptors (Lipinski definition) is 3. The number of rotatable bonds is 6. The van der Waals surface area contributed by atoms with Crippen molar-refractivity contribution < 1.29 is 23.5 Å². The first kappa shape index (κ1) is 16.0. The molecule has 7 heteroatoms. The normalized spacial score (nSPS) is 10.9. The summed E-state index contributed by atoms with van der Waals surface area (Å²) in [6, 6.07) is 2.64. The van der Waals surface area contributed by atoms with Gasteiger partial charge in [-0.15, -0.1) is 0 Å². The molecule has 0 aromatic heterocycles. The monoisotopic (exact) mass is 286 g/mol. The Morgan fingerprint density at radius 3 is 2.45 bits per heavy atom. The van der Waals surface area contributed by atoms with E-state index in [0.717, 1.165) is 12.1 Å². The van der Waals surface area contributed by atoms with E-state index in [1.54, 1.807) is 13.8 Å². The molecule has 0 saturated carbocycles. The number of carbonyl (C=O) groups is 2. The predicted octanol–water partition coefficient (Wildman–Crippen LogP) is 1.70. The molecular formula is C13H16F2N2O3. The molecule has 1 aromatic carbocycles. The molecule has 0 spiro atoms. The fourth-order valence-electron chi connectivity index (χ4n) is 1.56. The van der Waals surface area contributed by atoms with Crippen molar-refractivity contribution in [2.45, 2.75) is 19.9 Å². The zero-order valence-corrected chi connectivity index (χ0v) is 11.2. The third-order valence-electron chi connectivity index (χ3n) is 2.62. The summed E-state index contributed by atoms with van der Waals surface area (Å²) in [5.41, 5.74) is -0.143. The van der Waals surface area contributed by atoms with Crippen LogP contribution in [0.15, 0.2) is 18.2 Å². The number of amides is 1. The molecule has 0 aliphatic carbocycles. The first-order valence-electron chi connectivity index (χ1n) is 6.00. The van der Waals surface area contributed by atoms with Gasteiger partial charge in [-0.3, -0.25) is 14.5 Å². The van der Waals surface area contributed by atoms with Gasteiger partial charge in [0, 0.05) is 12.1 Å². The van der Waals surface area contributed by atoms with E-state index < -0.39 is 23.5 Å². The molecule has 0 unspecified atom stereocenters. The van der Waals surface area contributed by atoms with Crippen LogP contribution in [0.4, 0.5) is 14.5 Å². The van der Waals surface area contributed by atoms with Crippen molar-refractivity contribution in [1.82, 2.24) is 4.90 Å². The molecule has 0 atom stereocenters. The van der Waals surface area contributed by atoms with Gasteiger partial charge in [0.1, 0.15) is 11.6 Å². The lowest BCUT2D eigenvalue weighted by Gasteiger charge is -2.23. The highest BCUT2D eigenvalue weighted by molar-refractivity contribution is 5.92. The average Bonchev–Trinajstić information content (AvgIpc) is 2.31. The lowest BCUT2D eigenvalue weighted by atomic mass is 10.2. The lowest BCUT2D eigenvalue weighted by molar-refractivity contribution is -0.139. The molecule has 0 aliphatic heterocycles. The van der Waals surface area contributed by atoms with Gasteiger partial charge < -0.3 is 10.4 Å². The third kappa shape index (κ3) is 4.93. The molecule has 0 heterocycles. The van der Waals surface area contributed by atoms with Gasteiger partial charge in [-0.1, -0.05) is 0 Å². The Balaban J connectivity index is 2.68. The van der Waals surface area contributed by atoms with Gasteiger partial charge >= 0.3 is 5.97 Å². The van der Waals surface area contributed by atoms with Crippen molar-refractivity contribution in [3.05, 3.63) is 29.8 Å². The SMILES string of the molecule is CC(C)N(CC(=O)O)CC(=O)Nc1ccc(F)cc1F. The number of aliphatic carboxylic acids is 1. The van der Waals surface area contributed by atoms with Crippen LogP contribution in [0.25, 0.3) is 0 Å². The van der Waals surface area contributed by atoms with E-state index in [9.17, 15) is 18.4 Å². The smallest absolute Gasteiger partial charge is 0.317 e. The second kappa shape index (κ2) is 6.95. The highest BCUT2D eigenvalue weighted by atomic mass is 19.1. The number of halogens is 2. The van der Waals surface area contributed by atoms with Crippen LogP contribution in [0.3, 0.4) is 0 Å². The minimum atomic E-state index is -1.06. The Morgan fingerprint density at radius 2 is 1.95 bits per heavy atom. The van der Waals surface area contributed by atoms with Crippen molar-refractivity contribution in [3.8, 4) is 0 Å². The number of carbonyl (C=O) groups excluding carboxylic acids is 1. The predicted molar refractivity (Wildman–Crippen MR) is 69.3 cm³/mol. The minimum absolute atomic E-state index is 0.143. The Morgan fingerprint density at radius 1 is 1.30 bits per heavy atom. The summed E-state index contributed by atoms with van der Waals surface area (Å²) < 4.78 is 26.1. The minimum Gasteiger partial charge on any atom is -0.480 e. The van der Waals surface area contributed by atoms with E-state index in [-0.39, 0.29) is 24.8 Å². The molecule has 5 nitrogen and oxygen atoms in total. The highest BCUT2D eigenvalue weighted by Gasteiger charge is 2.17. The van der Waals surface area contributed by atoms with E-state index in [1.807, 2.05) is 0 Å². The second-order valence-electron chi connectivity index (χ2n) is 4.56. The standard InChI is InChI=1S/C13H16F2N2O3/c1-8(2)17(7-13(19)20)6-12(18)16-11-4-3-9(14)5-10(11)15/h3-5,8H,6-7H2,1-2H3,(H,16,18)(H,19,20). The summed E-state index contributed by atoms with van der Waals surface area (Å²) >= 11 is 0. The van der Waals surface area contributed by atoms with Gasteiger partial charge in [0.2, 0.25) is 5.91 Å². The van der Waals surface area contributed by atoms with Gasteiger partial charge in [-0.05, 0) is 26.0 Å². The number of nitrogens with one attached hydrogen (secondary N) is 1. The van der Waals surface area contributed by atoms with E-state index in [1.165, 1.54) is 4.90 Å². The Hall–Kier alpha value is -2.02. The molecule has 2 N–H and O–H groups in total. The summed E-state index contributed by atoms with van der Waals surface area (Å²) in [6.07, 6.45) is 0. The number of carboxylic acid groups (broad SMARTS) is 1. The van der Waals surface area contributed by atoms with Crippen LogP contribution in [0.1, 0.15) is 13.8 Å². The van der Waals surface area contributed by atoms with Crippen LogP contribution >= 0.6 is 0 Å². The van der Waals surface area contributed by atoms with Crippen molar-refractivity contribution in [2.75, 3.05) is 18.4 Å². The summed E-state index contributed by atoms with van der Waals surface area (Å²) in [5, 5.41) is 11.0. The van der Waals surface area contributed by atoms with E-state index in [0.29, 0.717) is 6.07 Å². The highest BCUT2D eigenvalue weighted by Crippen LogP contribution is 2.14. The average molecular weight is 286 g/mol. The molecule has 0 radical (unpaired) electrons. The van der Waals surface area contributed by atoms with Crippen molar-refractivity contribution in [1.29, 1.82) is 0 Å². The number of benzene rings is 1. The van der Waals surface area contributed by atoms with Crippen LogP contribution < -0.4 is 5.32 Å². The van der Waals surface area contributed by atoms with Crippen molar-refractivity contribution in [3.63, 3.8) is 0 Å². The lowest BCUT2D eigenvalue weighted by Crippen LogP contribution is -2.41. The summed E-state index contributed by atoms with van der Waals surface area (Å²) in [5.74, 6) is -3.24. The number of carboxylic acids is 1. The Bertz CT molecular complexity index is 506.